The van der Waals surface area contributed by atoms with Gasteiger partial charge in [0.05, 0.1) is 6.10 Å². The molecule has 0 heterocycles. The van der Waals surface area contributed by atoms with Gasteiger partial charge in [-0.3, -0.25) is 4.79 Å². The second-order valence-corrected chi connectivity index (χ2v) is 4.25. The van der Waals surface area contributed by atoms with E-state index in [2.05, 4.69) is 13.8 Å². The molecule has 2 nitrogen and oxygen atoms in total. The largest absolute Gasteiger partial charge is 0.463 e. The van der Waals surface area contributed by atoms with Gasteiger partial charge in [0, 0.05) is 6.42 Å². The van der Waals surface area contributed by atoms with Gasteiger partial charge in [-0.15, -0.1) is 0 Å². The van der Waals surface area contributed by atoms with E-state index >= 15 is 0 Å². The zero-order valence-electron chi connectivity index (χ0n) is 10.6. The molecule has 0 bridgehead atoms. The molecule has 0 rings (SSSR count). The highest BCUT2D eigenvalue weighted by atomic mass is 16.5. The molecule has 0 N–H and O–H groups in total. The maximum absolute atomic E-state index is 11.3. The third-order valence-corrected chi connectivity index (χ3v) is 2.53. The van der Waals surface area contributed by atoms with E-state index in [0.717, 1.165) is 25.7 Å². The lowest BCUT2D eigenvalue weighted by Crippen LogP contribution is -2.14. The van der Waals surface area contributed by atoms with Gasteiger partial charge < -0.3 is 4.74 Å². The molecule has 0 spiro atoms. The lowest BCUT2D eigenvalue weighted by Gasteiger charge is -2.12. The van der Waals surface area contributed by atoms with Gasteiger partial charge >= 0.3 is 5.97 Å². The van der Waals surface area contributed by atoms with Gasteiger partial charge in [0.1, 0.15) is 0 Å². The molecule has 15 heavy (non-hydrogen) atoms. The van der Waals surface area contributed by atoms with Crippen molar-refractivity contribution in [3.8, 4) is 0 Å². The third kappa shape index (κ3) is 9.77. The second-order valence-electron chi connectivity index (χ2n) is 4.25. The molecule has 0 aliphatic carbocycles. The van der Waals surface area contributed by atoms with Crippen LogP contribution in [0.3, 0.4) is 0 Å². The Kier molecular flexibility index (Phi) is 9.65. The highest BCUT2D eigenvalue weighted by molar-refractivity contribution is 5.69. The molecule has 0 fully saturated rings. The number of hydrogen-bond donors (Lipinski definition) is 0. The average Bonchev–Trinajstić information content (AvgIpc) is 2.18. The minimum atomic E-state index is -0.0209. The van der Waals surface area contributed by atoms with Gasteiger partial charge in [-0.1, -0.05) is 39.5 Å². The van der Waals surface area contributed by atoms with Crippen molar-refractivity contribution in [2.45, 2.75) is 78.2 Å². The normalized spacial score (nSPS) is 12.5. The molecular formula is C13H26O2. The van der Waals surface area contributed by atoms with Crippen molar-refractivity contribution in [1.29, 1.82) is 0 Å². The predicted molar refractivity (Wildman–Crippen MR) is 63.8 cm³/mol. The van der Waals surface area contributed by atoms with Crippen LogP contribution in [0.2, 0.25) is 0 Å². The Morgan fingerprint density at radius 3 is 2.27 bits per heavy atom. The first-order valence-electron chi connectivity index (χ1n) is 6.40. The maximum atomic E-state index is 11.3. The zero-order chi connectivity index (χ0) is 11.5. The quantitative estimate of drug-likeness (QED) is 0.427. The Labute approximate surface area is 94.4 Å². The maximum Gasteiger partial charge on any atom is 0.306 e. The number of ether oxygens (including phenoxy) is 1. The fraction of sp³-hybridized carbons (Fsp3) is 0.923. The first-order valence-corrected chi connectivity index (χ1v) is 6.40. The lowest BCUT2D eigenvalue weighted by atomic mass is 10.1. The average molecular weight is 214 g/mol. The molecule has 0 saturated heterocycles. The molecule has 0 radical (unpaired) electrons. The van der Waals surface area contributed by atoms with Crippen molar-refractivity contribution in [2.24, 2.45) is 0 Å². The van der Waals surface area contributed by atoms with Gasteiger partial charge in [-0.2, -0.15) is 0 Å². The molecule has 0 aromatic carbocycles. The number of carbonyl (C=O) groups is 1. The summed E-state index contributed by atoms with van der Waals surface area (Å²) >= 11 is 0. The lowest BCUT2D eigenvalue weighted by molar-refractivity contribution is -0.148. The number of unbranched alkanes of at least 4 members (excludes halogenated alkanes) is 4. The van der Waals surface area contributed by atoms with Crippen LogP contribution in [0, 0.1) is 0 Å². The van der Waals surface area contributed by atoms with Gasteiger partial charge in [0.2, 0.25) is 0 Å². The van der Waals surface area contributed by atoms with Gasteiger partial charge in [0.25, 0.3) is 0 Å². The first kappa shape index (κ1) is 14.5. The van der Waals surface area contributed by atoms with Crippen LogP contribution in [-0.2, 0) is 9.53 Å². The molecule has 0 amide bonds. The number of hydrogen-bond acceptors (Lipinski definition) is 2. The number of rotatable bonds is 9. The van der Waals surface area contributed by atoms with Gasteiger partial charge in [-0.05, 0) is 26.2 Å². The Morgan fingerprint density at radius 1 is 1.07 bits per heavy atom. The fourth-order valence-corrected chi connectivity index (χ4v) is 1.54. The molecule has 0 aliphatic heterocycles. The number of carbonyl (C=O) groups excluding carboxylic acids is 1. The molecule has 0 aromatic rings. The molecule has 0 aromatic heterocycles. The monoisotopic (exact) mass is 214 g/mol. The summed E-state index contributed by atoms with van der Waals surface area (Å²) in [5, 5.41) is 0. The minimum Gasteiger partial charge on any atom is -0.463 e. The highest BCUT2D eigenvalue weighted by Gasteiger charge is 2.08. The topological polar surface area (TPSA) is 26.3 Å². The summed E-state index contributed by atoms with van der Waals surface area (Å²) in [6.45, 7) is 6.31. The van der Waals surface area contributed by atoms with E-state index in [1.54, 1.807) is 0 Å². The summed E-state index contributed by atoms with van der Waals surface area (Å²) in [6, 6.07) is 0. The van der Waals surface area contributed by atoms with E-state index in [1.807, 2.05) is 6.92 Å². The molecule has 0 saturated carbocycles. The smallest absolute Gasteiger partial charge is 0.306 e. The second kappa shape index (κ2) is 10.0. The van der Waals surface area contributed by atoms with Crippen LogP contribution >= 0.6 is 0 Å². The zero-order valence-corrected chi connectivity index (χ0v) is 10.6. The first-order chi connectivity index (χ1) is 7.20. The molecular weight excluding hydrogens is 188 g/mol. The molecule has 0 aliphatic rings. The van der Waals surface area contributed by atoms with Crippen LogP contribution in [0.5, 0.6) is 0 Å². The summed E-state index contributed by atoms with van der Waals surface area (Å²) in [5.41, 5.74) is 0. The van der Waals surface area contributed by atoms with Crippen LogP contribution < -0.4 is 0 Å². The van der Waals surface area contributed by atoms with Crippen LogP contribution in [0.25, 0.3) is 0 Å². The van der Waals surface area contributed by atoms with E-state index in [-0.39, 0.29) is 12.1 Å². The SMILES string of the molecule is CCCCCC(=O)O[C@@H](C)CCCCC. The Balaban J connectivity index is 3.40. The Morgan fingerprint density at radius 2 is 1.67 bits per heavy atom. The van der Waals surface area contributed by atoms with E-state index in [9.17, 15) is 4.79 Å². The van der Waals surface area contributed by atoms with Crippen molar-refractivity contribution in [1.82, 2.24) is 0 Å². The summed E-state index contributed by atoms with van der Waals surface area (Å²) in [5.74, 6) is -0.0209. The fourth-order valence-electron chi connectivity index (χ4n) is 1.54. The third-order valence-electron chi connectivity index (χ3n) is 2.53. The standard InChI is InChI=1S/C13H26O2/c1-4-6-8-10-12(3)15-13(14)11-9-7-5-2/h12H,4-11H2,1-3H3/t12-/m0/s1. The van der Waals surface area contributed by atoms with E-state index in [4.69, 9.17) is 4.74 Å². The van der Waals surface area contributed by atoms with Crippen LogP contribution in [0.4, 0.5) is 0 Å². The molecule has 0 unspecified atom stereocenters. The Hall–Kier alpha value is -0.530. The van der Waals surface area contributed by atoms with E-state index in [1.165, 1.54) is 19.3 Å². The van der Waals surface area contributed by atoms with Gasteiger partial charge in [0.15, 0.2) is 0 Å². The van der Waals surface area contributed by atoms with Crippen LogP contribution in [0.15, 0.2) is 0 Å². The predicted octanol–water partition coefficient (Wildman–Crippen LogP) is 4.08. The molecule has 2 heteroatoms. The molecule has 1 atom stereocenters. The van der Waals surface area contributed by atoms with Crippen molar-refractivity contribution in [2.75, 3.05) is 0 Å². The van der Waals surface area contributed by atoms with Crippen LogP contribution in [-0.4, -0.2) is 12.1 Å². The van der Waals surface area contributed by atoms with Crippen molar-refractivity contribution in [3.05, 3.63) is 0 Å². The van der Waals surface area contributed by atoms with Crippen molar-refractivity contribution >= 4 is 5.97 Å². The summed E-state index contributed by atoms with van der Waals surface area (Å²) in [6.07, 6.45) is 8.56. The summed E-state index contributed by atoms with van der Waals surface area (Å²) in [4.78, 5) is 11.3. The van der Waals surface area contributed by atoms with E-state index in [0.29, 0.717) is 6.42 Å². The van der Waals surface area contributed by atoms with Crippen molar-refractivity contribution in [3.63, 3.8) is 0 Å². The van der Waals surface area contributed by atoms with Crippen molar-refractivity contribution < 1.29 is 9.53 Å². The van der Waals surface area contributed by atoms with Gasteiger partial charge in [-0.25, -0.2) is 0 Å². The summed E-state index contributed by atoms with van der Waals surface area (Å²) in [7, 11) is 0. The Bertz CT molecular complexity index is 155. The molecule has 90 valence electrons. The van der Waals surface area contributed by atoms with E-state index < -0.39 is 0 Å². The summed E-state index contributed by atoms with van der Waals surface area (Å²) < 4.78 is 5.30. The van der Waals surface area contributed by atoms with Crippen LogP contribution in [0.1, 0.15) is 72.1 Å². The highest BCUT2D eigenvalue weighted by Crippen LogP contribution is 2.08. The number of esters is 1. The minimum absolute atomic E-state index is 0.0209.